The van der Waals surface area contributed by atoms with Gasteiger partial charge in [-0.25, -0.2) is 10.5 Å². The standard InChI is InChI=1S/C29H31ClN4O2/c30-25-7-5-21(6-8-25)22-9-14-32(15-10-22)16-13-28-27-4-2-1-3-23(27)11-17-33(28)29(35)24-12-18-34-26(19-24)20-31-36-34/h1-8,12,18-20,22,28,31H,9-11,13-17H2. The molecule has 0 bridgehead atoms. The van der Waals surface area contributed by atoms with Crippen molar-refractivity contribution in [3.8, 4) is 0 Å². The molecule has 1 fully saturated rings. The topological polar surface area (TPSA) is 48.1 Å². The molecule has 4 aliphatic heterocycles. The fourth-order valence-electron chi connectivity index (χ4n) is 5.87. The van der Waals surface area contributed by atoms with Crippen LogP contribution < -0.4 is 5.48 Å². The average molecular weight is 503 g/mol. The molecule has 4 aliphatic rings. The monoisotopic (exact) mass is 502 g/mol. The zero-order valence-electron chi connectivity index (χ0n) is 20.3. The molecule has 0 radical (unpaired) electrons. The van der Waals surface area contributed by atoms with Crippen LogP contribution in [0, 0.1) is 0 Å². The maximum Gasteiger partial charge on any atom is 0.254 e. The predicted octanol–water partition coefficient (Wildman–Crippen LogP) is 5.08. The maximum absolute atomic E-state index is 13.7. The number of hydroxylamine groups is 3. The number of nitrogens with zero attached hydrogens (tertiary/aromatic N) is 3. The number of likely N-dealkylation sites (tertiary alicyclic amines) is 1. The fourth-order valence-corrected chi connectivity index (χ4v) is 6.00. The number of halogens is 1. The van der Waals surface area contributed by atoms with Crippen LogP contribution in [0.15, 0.2) is 84.4 Å². The number of amides is 1. The summed E-state index contributed by atoms with van der Waals surface area (Å²) in [5.74, 6) is 0.680. The van der Waals surface area contributed by atoms with Crippen LogP contribution >= 0.6 is 11.6 Å². The summed E-state index contributed by atoms with van der Waals surface area (Å²) < 4.78 is 0. The molecular weight excluding hydrogens is 472 g/mol. The minimum absolute atomic E-state index is 0.0794. The van der Waals surface area contributed by atoms with Crippen LogP contribution in [-0.4, -0.2) is 46.9 Å². The van der Waals surface area contributed by atoms with Gasteiger partial charge in [0.1, 0.15) is 0 Å². The SMILES string of the molecule is O=C(C1=CC2=CNON2C=C1)N1CCc2ccccc2C1CCN1CCC(c2ccc(Cl)cc2)CC1. The van der Waals surface area contributed by atoms with E-state index in [1.807, 2.05) is 24.3 Å². The summed E-state index contributed by atoms with van der Waals surface area (Å²) >= 11 is 6.08. The highest BCUT2D eigenvalue weighted by molar-refractivity contribution is 6.30. The molecule has 186 valence electrons. The minimum Gasteiger partial charge on any atom is -0.331 e. The first-order valence-corrected chi connectivity index (χ1v) is 13.2. The molecule has 7 heteroatoms. The Labute approximate surface area is 217 Å². The summed E-state index contributed by atoms with van der Waals surface area (Å²) in [4.78, 5) is 23.6. The summed E-state index contributed by atoms with van der Waals surface area (Å²) in [6.45, 7) is 3.89. The molecule has 6 nitrogen and oxygen atoms in total. The molecule has 1 saturated heterocycles. The van der Waals surface area contributed by atoms with Gasteiger partial charge in [-0.15, -0.1) is 0 Å². The molecule has 1 unspecified atom stereocenters. The molecule has 6 rings (SSSR count). The summed E-state index contributed by atoms with van der Waals surface area (Å²) in [7, 11) is 0. The van der Waals surface area contributed by atoms with E-state index in [0.29, 0.717) is 11.5 Å². The van der Waals surface area contributed by atoms with Gasteiger partial charge < -0.3 is 9.80 Å². The number of carbonyl (C=O) groups excluding carboxylic acids is 1. The normalized spacial score (nSPS) is 22.0. The number of hydrogen-bond acceptors (Lipinski definition) is 5. The number of fused-ring (bicyclic) bond motifs is 2. The van der Waals surface area contributed by atoms with Crippen LogP contribution in [0.25, 0.3) is 0 Å². The Morgan fingerprint density at radius 1 is 1.06 bits per heavy atom. The predicted molar refractivity (Wildman–Crippen MR) is 140 cm³/mol. The highest BCUT2D eigenvalue weighted by atomic mass is 35.5. The molecule has 1 N–H and O–H groups in total. The quantitative estimate of drug-likeness (QED) is 0.617. The van der Waals surface area contributed by atoms with Gasteiger partial charge in [0.05, 0.1) is 17.9 Å². The number of carbonyl (C=O) groups is 1. The Morgan fingerprint density at radius 3 is 2.69 bits per heavy atom. The molecular formula is C29H31ClN4O2. The first-order valence-electron chi connectivity index (χ1n) is 12.8. The van der Waals surface area contributed by atoms with Gasteiger partial charge in [-0.3, -0.25) is 4.79 Å². The lowest BCUT2D eigenvalue weighted by Crippen LogP contribution is -2.43. The summed E-state index contributed by atoms with van der Waals surface area (Å²) in [5.41, 5.74) is 8.30. The molecule has 0 aliphatic carbocycles. The Hall–Kier alpha value is -3.06. The van der Waals surface area contributed by atoms with Crippen molar-refractivity contribution in [3.05, 3.63) is 106 Å². The van der Waals surface area contributed by atoms with E-state index < -0.39 is 0 Å². The van der Waals surface area contributed by atoms with Crippen molar-refractivity contribution in [2.75, 3.05) is 26.2 Å². The second-order valence-corrected chi connectivity index (χ2v) is 10.4. The summed E-state index contributed by atoms with van der Waals surface area (Å²) in [6.07, 6.45) is 11.4. The van der Waals surface area contributed by atoms with Crippen molar-refractivity contribution in [2.45, 2.75) is 37.6 Å². The lowest BCUT2D eigenvalue weighted by atomic mass is 9.88. The van der Waals surface area contributed by atoms with Gasteiger partial charge in [-0.2, -0.15) is 4.94 Å². The average Bonchev–Trinajstić information content (AvgIpc) is 3.40. The lowest BCUT2D eigenvalue weighted by Gasteiger charge is -2.40. The van der Waals surface area contributed by atoms with Crippen molar-refractivity contribution in [1.82, 2.24) is 20.3 Å². The minimum atomic E-state index is 0.0794. The third kappa shape index (κ3) is 4.69. The zero-order valence-corrected chi connectivity index (χ0v) is 21.0. The molecule has 2 aromatic rings. The van der Waals surface area contributed by atoms with E-state index in [9.17, 15) is 4.79 Å². The van der Waals surface area contributed by atoms with Gasteiger partial charge in [0, 0.05) is 29.9 Å². The second-order valence-electron chi connectivity index (χ2n) is 9.94. The van der Waals surface area contributed by atoms with Crippen molar-refractivity contribution >= 4 is 17.5 Å². The number of allylic oxidation sites excluding steroid dienone is 1. The van der Waals surface area contributed by atoms with Gasteiger partial charge >= 0.3 is 0 Å². The van der Waals surface area contributed by atoms with Crippen LogP contribution in [0.2, 0.25) is 5.02 Å². The van der Waals surface area contributed by atoms with Crippen molar-refractivity contribution < 1.29 is 9.73 Å². The molecule has 36 heavy (non-hydrogen) atoms. The third-order valence-corrected chi connectivity index (χ3v) is 8.13. The van der Waals surface area contributed by atoms with E-state index in [0.717, 1.165) is 62.6 Å². The Morgan fingerprint density at radius 2 is 1.86 bits per heavy atom. The molecule has 2 aromatic carbocycles. The Kier molecular flexibility index (Phi) is 6.57. The van der Waals surface area contributed by atoms with Gasteiger partial charge in [-0.05, 0) is 85.7 Å². The van der Waals surface area contributed by atoms with Crippen molar-refractivity contribution in [2.24, 2.45) is 0 Å². The van der Waals surface area contributed by atoms with Gasteiger partial charge in [-0.1, -0.05) is 48.0 Å². The number of piperidine rings is 1. The van der Waals surface area contributed by atoms with Gasteiger partial charge in [0.15, 0.2) is 0 Å². The molecule has 1 atom stereocenters. The summed E-state index contributed by atoms with van der Waals surface area (Å²) in [6, 6.07) is 17.0. The number of rotatable bonds is 5. The Balaban J connectivity index is 1.14. The largest absolute Gasteiger partial charge is 0.331 e. The van der Waals surface area contributed by atoms with E-state index in [1.54, 1.807) is 17.5 Å². The van der Waals surface area contributed by atoms with Gasteiger partial charge in [0.2, 0.25) is 0 Å². The zero-order chi connectivity index (χ0) is 24.5. The van der Waals surface area contributed by atoms with Crippen molar-refractivity contribution in [3.63, 3.8) is 0 Å². The van der Waals surface area contributed by atoms with Crippen molar-refractivity contribution in [1.29, 1.82) is 0 Å². The lowest BCUT2D eigenvalue weighted by molar-refractivity contribution is -0.130. The molecule has 0 saturated carbocycles. The van der Waals surface area contributed by atoms with Crippen LogP contribution in [0.1, 0.15) is 47.9 Å². The first kappa shape index (κ1) is 23.3. The highest BCUT2D eigenvalue weighted by Crippen LogP contribution is 2.35. The first-order chi connectivity index (χ1) is 17.7. The number of hydrogen-bond donors (Lipinski definition) is 1. The van der Waals surface area contributed by atoms with Crippen LogP contribution in [0.4, 0.5) is 0 Å². The number of nitrogens with one attached hydrogen (secondary N) is 1. The molecule has 0 aromatic heterocycles. The van der Waals surface area contributed by atoms with E-state index in [1.165, 1.54) is 16.7 Å². The summed E-state index contributed by atoms with van der Waals surface area (Å²) in [5, 5.41) is 2.41. The highest BCUT2D eigenvalue weighted by Gasteiger charge is 2.33. The van der Waals surface area contributed by atoms with Crippen LogP contribution in [0.5, 0.6) is 0 Å². The molecule has 4 heterocycles. The fraction of sp³-hybridized carbons (Fsp3) is 0.345. The second kappa shape index (κ2) is 10.1. The van der Waals surface area contributed by atoms with E-state index in [-0.39, 0.29) is 11.9 Å². The van der Waals surface area contributed by atoms with E-state index in [2.05, 4.69) is 51.7 Å². The third-order valence-electron chi connectivity index (χ3n) is 7.87. The smallest absolute Gasteiger partial charge is 0.254 e. The number of benzene rings is 2. The van der Waals surface area contributed by atoms with Gasteiger partial charge in [0.25, 0.3) is 5.91 Å². The van der Waals surface area contributed by atoms with E-state index >= 15 is 0 Å². The van der Waals surface area contributed by atoms with E-state index in [4.69, 9.17) is 16.5 Å². The maximum atomic E-state index is 13.7. The molecule has 1 amide bonds. The Bertz CT molecular complexity index is 1210. The van der Waals surface area contributed by atoms with Crippen LogP contribution in [-0.2, 0) is 16.2 Å². The van der Waals surface area contributed by atoms with Crippen LogP contribution in [0.3, 0.4) is 0 Å². The molecule has 0 spiro atoms.